The number of rotatable bonds is 1. The van der Waals surface area contributed by atoms with Crippen LogP contribution in [-0.2, 0) is 0 Å². The molecule has 0 bridgehead atoms. The average Bonchev–Trinajstić information content (AvgIpc) is 2.47. The molecule has 0 saturated carbocycles. The Morgan fingerprint density at radius 3 is 2.54 bits per heavy atom. The highest BCUT2D eigenvalue weighted by atomic mass is 15.2. The number of aliphatic imine (C=N–C) groups is 1. The smallest absolute Gasteiger partial charge is 0.101 e. The molecule has 2 rings (SSSR count). The van der Waals surface area contributed by atoms with Crippen LogP contribution in [-0.4, -0.2) is 18.4 Å². The van der Waals surface area contributed by atoms with Gasteiger partial charge in [-0.2, -0.15) is 0 Å². The molecule has 0 radical (unpaired) electrons. The monoisotopic (exact) mass is 174 g/mol. The van der Waals surface area contributed by atoms with Crippen molar-refractivity contribution in [3.63, 3.8) is 0 Å². The summed E-state index contributed by atoms with van der Waals surface area (Å²) in [6.45, 7) is 5.22. The Balaban J connectivity index is 2.25. The molecule has 0 N–H and O–H groups in total. The average molecular weight is 174 g/mol. The van der Waals surface area contributed by atoms with E-state index in [1.54, 1.807) is 0 Å². The number of nitrogens with zero attached hydrogens (tertiary/aromatic N) is 2. The molecule has 1 atom stereocenters. The van der Waals surface area contributed by atoms with Crippen molar-refractivity contribution >= 4 is 11.5 Å². The zero-order chi connectivity index (χ0) is 9.26. The summed E-state index contributed by atoms with van der Waals surface area (Å²) < 4.78 is 0. The van der Waals surface area contributed by atoms with E-state index >= 15 is 0 Å². The Labute approximate surface area is 78.9 Å². The topological polar surface area (TPSA) is 15.6 Å². The first-order chi connectivity index (χ1) is 6.27. The van der Waals surface area contributed by atoms with Crippen LogP contribution in [0.4, 0.5) is 5.69 Å². The summed E-state index contributed by atoms with van der Waals surface area (Å²) in [5, 5.41) is 0. The number of hydrogen-bond donors (Lipinski definition) is 0. The summed E-state index contributed by atoms with van der Waals surface area (Å²) in [4.78, 5) is 6.74. The Kier molecular flexibility index (Phi) is 2.05. The van der Waals surface area contributed by atoms with Crippen molar-refractivity contribution in [2.24, 2.45) is 4.99 Å². The minimum atomic E-state index is 0.431. The number of hydrogen-bond acceptors (Lipinski definition) is 2. The highest BCUT2D eigenvalue weighted by Gasteiger charge is 2.19. The molecule has 1 aliphatic rings. The number of benzene rings is 1. The minimum Gasteiger partial charge on any atom is -0.328 e. The van der Waals surface area contributed by atoms with Crippen LogP contribution in [0, 0.1) is 0 Å². The van der Waals surface area contributed by atoms with E-state index in [0.717, 1.165) is 12.4 Å². The molecule has 0 spiro atoms. The normalized spacial score (nSPS) is 21.8. The standard InChI is InChI=1S/C11H14N2/c1-9-8-13(10(2)12-9)11-6-4-3-5-7-11/h3-7,9H,8H2,1-2H3. The van der Waals surface area contributed by atoms with E-state index in [2.05, 4.69) is 48.0 Å². The lowest BCUT2D eigenvalue weighted by Crippen LogP contribution is -2.26. The van der Waals surface area contributed by atoms with Crippen molar-refractivity contribution in [1.29, 1.82) is 0 Å². The number of para-hydroxylation sites is 1. The van der Waals surface area contributed by atoms with E-state index in [4.69, 9.17) is 0 Å². The fourth-order valence-electron chi connectivity index (χ4n) is 1.73. The van der Waals surface area contributed by atoms with Crippen LogP contribution in [0.3, 0.4) is 0 Å². The molecule has 0 aromatic heterocycles. The lowest BCUT2D eigenvalue weighted by molar-refractivity contribution is 0.795. The quantitative estimate of drug-likeness (QED) is 0.638. The molecule has 1 aliphatic heterocycles. The number of amidine groups is 1. The molecule has 13 heavy (non-hydrogen) atoms. The van der Waals surface area contributed by atoms with Crippen molar-refractivity contribution in [2.75, 3.05) is 11.4 Å². The molecule has 0 fully saturated rings. The first-order valence-corrected chi connectivity index (χ1v) is 4.64. The summed E-state index contributed by atoms with van der Waals surface area (Å²) in [5.41, 5.74) is 1.24. The van der Waals surface area contributed by atoms with Crippen molar-refractivity contribution < 1.29 is 0 Å². The summed E-state index contributed by atoms with van der Waals surface area (Å²) >= 11 is 0. The van der Waals surface area contributed by atoms with Gasteiger partial charge in [-0.3, -0.25) is 4.99 Å². The van der Waals surface area contributed by atoms with Gasteiger partial charge < -0.3 is 4.90 Å². The summed E-state index contributed by atoms with van der Waals surface area (Å²) in [7, 11) is 0. The zero-order valence-electron chi connectivity index (χ0n) is 8.07. The van der Waals surface area contributed by atoms with E-state index in [9.17, 15) is 0 Å². The van der Waals surface area contributed by atoms with E-state index in [0.29, 0.717) is 6.04 Å². The fraction of sp³-hybridized carbons (Fsp3) is 0.364. The predicted octanol–water partition coefficient (Wildman–Crippen LogP) is 2.31. The second-order valence-electron chi connectivity index (χ2n) is 3.47. The lowest BCUT2D eigenvalue weighted by atomic mass is 10.2. The third-order valence-electron chi connectivity index (χ3n) is 2.31. The van der Waals surface area contributed by atoms with Crippen LogP contribution < -0.4 is 4.90 Å². The van der Waals surface area contributed by atoms with Crippen LogP contribution >= 0.6 is 0 Å². The van der Waals surface area contributed by atoms with Crippen LogP contribution in [0.5, 0.6) is 0 Å². The molecule has 2 heteroatoms. The maximum atomic E-state index is 4.49. The second-order valence-corrected chi connectivity index (χ2v) is 3.47. The van der Waals surface area contributed by atoms with Gasteiger partial charge in [0.15, 0.2) is 0 Å². The first kappa shape index (κ1) is 8.30. The van der Waals surface area contributed by atoms with Crippen molar-refractivity contribution in [1.82, 2.24) is 0 Å². The van der Waals surface area contributed by atoms with Crippen LogP contribution in [0.15, 0.2) is 35.3 Å². The van der Waals surface area contributed by atoms with Crippen LogP contribution in [0.1, 0.15) is 13.8 Å². The number of anilines is 1. The molecular formula is C11H14N2. The first-order valence-electron chi connectivity index (χ1n) is 4.64. The molecule has 1 aromatic rings. The van der Waals surface area contributed by atoms with Gasteiger partial charge in [-0.25, -0.2) is 0 Å². The molecule has 0 aliphatic carbocycles. The maximum Gasteiger partial charge on any atom is 0.101 e. The molecule has 1 aromatic carbocycles. The highest BCUT2D eigenvalue weighted by molar-refractivity contribution is 5.97. The van der Waals surface area contributed by atoms with Crippen LogP contribution in [0.25, 0.3) is 0 Å². The largest absolute Gasteiger partial charge is 0.328 e. The molecule has 1 unspecified atom stereocenters. The van der Waals surface area contributed by atoms with Gasteiger partial charge in [0.2, 0.25) is 0 Å². The lowest BCUT2D eigenvalue weighted by Gasteiger charge is -2.18. The summed E-state index contributed by atoms with van der Waals surface area (Å²) in [6.07, 6.45) is 0. The third-order valence-corrected chi connectivity index (χ3v) is 2.31. The van der Waals surface area contributed by atoms with Gasteiger partial charge in [-0.05, 0) is 26.0 Å². The van der Waals surface area contributed by atoms with Crippen molar-refractivity contribution in [3.8, 4) is 0 Å². The van der Waals surface area contributed by atoms with Gasteiger partial charge in [0.1, 0.15) is 5.84 Å². The van der Waals surface area contributed by atoms with Gasteiger partial charge in [-0.15, -0.1) is 0 Å². The fourth-order valence-corrected chi connectivity index (χ4v) is 1.73. The van der Waals surface area contributed by atoms with Crippen molar-refractivity contribution in [3.05, 3.63) is 30.3 Å². The summed E-state index contributed by atoms with van der Waals surface area (Å²) in [6, 6.07) is 10.8. The molecule has 68 valence electrons. The molecule has 0 amide bonds. The van der Waals surface area contributed by atoms with Gasteiger partial charge in [0, 0.05) is 12.2 Å². The zero-order valence-corrected chi connectivity index (χ0v) is 8.07. The van der Waals surface area contributed by atoms with E-state index in [1.807, 2.05) is 6.07 Å². The minimum absolute atomic E-state index is 0.431. The van der Waals surface area contributed by atoms with Gasteiger partial charge in [-0.1, -0.05) is 18.2 Å². The Bertz CT molecular complexity index is 316. The van der Waals surface area contributed by atoms with Crippen LogP contribution in [0.2, 0.25) is 0 Å². The van der Waals surface area contributed by atoms with Gasteiger partial charge >= 0.3 is 0 Å². The molecular weight excluding hydrogens is 160 g/mol. The third kappa shape index (κ3) is 1.57. The predicted molar refractivity (Wildman–Crippen MR) is 56.4 cm³/mol. The van der Waals surface area contributed by atoms with Gasteiger partial charge in [0.25, 0.3) is 0 Å². The second kappa shape index (κ2) is 3.21. The Hall–Kier alpha value is -1.31. The highest BCUT2D eigenvalue weighted by Crippen LogP contribution is 2.19. The van der Waals surface area contributed by atoms with E-state index in [1.165, 1.54) is 5.69 Å². The van der Waals surface area contributed by atoms with Gasteiger partial charge in [0.05, 0.1) is 6.04 Å². The molecule has 1 heterocycles. The van der Waals surface area contributed by atoms with E-state index in [-0.39, 0.29) is 0 Å². The molecule has 0 saturated heterocycles. The summed E-state index contributed by atoms with van der Waals surface area (Å²) in [5.74, 6) is 1.12. The molecule has 2 nitrogen and oxygen atoms in total. The Morgan fingerprint density at radius 1 is 1.31 bits per heavy atom. The SMILES string of the molecule is CC1=NC(C)CN1c1ccccc1. The van der Waals surface area contributed by atoms with E-state index < -0.39 is 0 Å². The van der Waals surface area contributed by atoms with Crippen molar-refractivity contribution in [2.45, 2.75) is 19.9 Å². The maximum absolute atomic E-state index is 4.49. The Morgan fingerprint density at radius 2 is 2.00 bits per heavy atom.